The SMILES string of the molecule is CCOC(=O)C1(C(=O)O)CCC(N(Cc2ccccc2)Cc2ccccc2)C1. The van der Waals surface area contributed by atoms with Crippen LogP contribution in [0.15, 0.2) is 60.7 Å². The summed E-state index contributed by atoms with van der Waals surface area (Å²) in [5, 5.41) is 9.82. The normalized spacial score (nSPS) is 21.6. The van der Waals surface area contributed by atoms with E-state index < -0.39 is 17.4 Å². The van der Waals surface area contributed by atoms with Crippen molar-refractivity contribution in [2.24, 2.45) is 5.41 Å². The van der Waals surface area contributed by atoms with Crippen LogP contribution in [-0.2, 0) is 27.4 Å². The predicted molar refractivity (Wildman–Crippen MR) is 106 cm³/mol. The second kappa shape index (κ2) is 9.02. The number of carboxylic acids is 1. The molecule has 1 fully saturated rings. The van der Waals surface area contributed by atoms with Crippen molar-refractivity contribution in [2.45, 2.75) is 45.3 Å². The lowest BCUT2D eigenvalue weighted by Gasteiger charge is -2.30. The minimum absolute atomic E-state index is 0.000850. The molecule has 0 heterocycles. The van der Waals surface area contributed by atoms with Gasteiger partial charge < -0.3 is 9.84 Å². The van der Waals surface area contributed by atoms with Gasteiger partial charge in [0.25, 0.3) is 0 Å². The van der Waals surface area contributed by atoms with Crippen molar-refractivity contribution in [2.75, 3.05) is 6.61 Å². The average Bonchev–Trinajstić information content (AvgIpc) is 3.16. The maximum absolute atomic E-state index is 12.5. The number of hydrogen-bond donors (Lipinski definition) is 1. The molecule has 28 heavy (non-hydrogen) atoms. The van der Waals surface area contributed by atoms with Gasteiger partial charge in [-0.3, -0.25) is 14.5 Å². The number of esters is 1. The van der Waals surface area contributed by atoms with Crippen molar-refractivity contribution in [1.82, 2.24) is 4.90 Å². The Morgan fingerprint density at radius 1 is 1.04 bits per heavy atom. The first-order valence-corrected chi connectivity index (χ1v) is 9.77. The van der Waals surface area contributed by atoms with Crippen LogP contribution in [0.3, 0.4) is 0 Å². The molecule has 0 aromatic heterocycles. The molecule has 5 heteroatoms. The molecular formula is C23H27NO4. The van der Waals surface area contributed by atoms with Crippen molar-refractivity contribution in [3.05, 3.63) is 71.8 Å². The Morgan fingerprint density at radius 2 is 1.57 bits per heavy atom. The van der Waals surface area contributed by atoms with Gasteiger partial charge in [-0.2, -0.15) is 0 Å². The number of hydrogen-bond acceptors (Lipinski definition) is 4. The summed E-state index contributed by atoms with van der Waals surface area (Å²) in [6, 6.07) is 20.3. The second-order valence-electron chi connectivity index (χ2n) is 7.38. The number of carboxylic acid groups (broad SMARTS) is 1. The van der Waals surface area contributed by atoms with E-state index >= 15 is 0 Å². The van der Waals surface area contributed by atoms with E-state index in [1.54, 1.807) is 6.92 Å². The summed E-state index contributed by atoms with van der Waals surface area (Å²) in [6.07, 6.45) is 1.25. The molecule has 1 saturated carbocycles. The molecule has 0 aliphatic heterocycles. The second-order valence-corrected chi connectivity index (χ2v) is 7.38. The zero-order valence-corrected chi connectivity index (χ0v) is 16.2. The largest absolute Gasteiger partial charge is 0.480 e. The highest BCUT2D eigenvalue weighted by atomic mass is 16.5. The Morgan fingerprint density at radius 3 is 2.04 bits per heavy atom. The molecule has 5 nitrogen and oxygen atoms in total. The molecule has 2 aromatic rings. The van der Waals surface area contributed by atoms with Crippen LogP contribution >= 0.6 is 0 Å². The summed E-state index contributed by atoms with van der Waals surface area (Å²) in [7, 11) is 0. The van der Waals surface area contributed by atoms with Crippen LogP contribution in [0.5, 0.6) is 0 Å². The topological polar surface area (TPSA) is 66.8 Å². The van der Waals surface area contributed by atoms with Crippen LogP contribution in [0, 0.1) is 5.41 Å². The fourth-order valence-electron chi connectivity index (χ4n) is 4.02. The zero-order chi connectivity index (χ0) is 20.0. The molecule has 148 valence electrons. The molecule has 3 rings (SSSR count). The molecule has 2 unspecified atom stereocenters. The van der Waals surface area contributed by atoms with E-state index in [1.807, 2.05) is 36.4 Å². The minimum atomic E-state index is -1.44. The van der Waals surface area contributed by atoms with Crippen LogP contribution in [0.2, 0.25) is 0 Å². The molecule has 0 bridgehead atoms. The third-order valence-electron chi connectivity index (χ3n) is 5.54. The van der Waals surface area contributed by atoms with Crippen molar-refractivity contribution in [1.29, 1.82) is 0 Å². The van der Waals surface area contributed by atoms with Gasteiger partial charge in [-0.15, -0.1) is 0 Å². The van der Waals surface area contributed by atoms with Crippen molar-refractivity contribution < 1.29 is 19.4 Å². The van der Waals surface area contributed by atoms with E-state index in [0.717, 1.165) is 0 Å². The fourth-order valence-corrected chi connectivity index (χ4v) is 4.02. The number of ether oxygens (including phenoxy) is 1. The number of rotatable bonds is 8. The average molecular weight is 381 g/mol. The van der Waals surface area contributed by atoms with E-state index in [0.29, 0.717) is 25.9 Å². The first-order valence-electron chi connectivity index (χ1n) is 9.77. The van der Waals surface area contributed by atoms with Gasteiger partial charge in [0.1, 0.15) is 0 Å². The third kappa shape index (κ3) is 4.42. The van der Waals surface area contributed by atoms with Gasteiger partial charge in [0.15, 0.2) is 5.41 Å². The first-order chi connectivity index (χ1) is 13.5. The Balaban J connectivity index is 1.83. The lowest BCUT2D eigenvalue weighted by molar-refractivity contribution is -0.168. The molecule has 0 radical (unpaired) electrons. The van der Waals surface area contributed by atoms with Crippen molar-refractivity contribution >= 4 is 11.9 Å². The summed E-state index contributed by atoms with van der Waals surface area (Å²) >= 11 is 0. The summed E-state index contributed by atoms with van der Waals surface area (Å²) in [5.74, 6) is -1.68. The van der Waals surface area contributed by atoms with Gasteiger partial charge in [-0.05, 0) is 37.3 Å². The quantitative estimate of drug-likeness (QED) is 0.555. The van der Waals surface area contributed by atoms with Gasteiger partial charge in [-0.1, -0.05) is 60.7 Å². The summed E-state index contributed by atoms with van der Waals surface area (Å²) in [6.45, 7) is 3.31. The van der Waals surface area contributed by atoms with Crippen LogP contribution in [0.25, 0.3) is 0 Å². The monoisotopic (exact) mass is 381 g/mol. The van der Waals surface area contributed by atoms with Gasteiger partial charge in [0.05, 0.1) is 6.61 Å². The molecule has 1 aliphatic rings. The van der Waals surface area contributed by atoms with Crippen molar-refractivity contribution in [3.63, 3.8) is 0 Å². The van der Waals surface area contributed by atoms with Gasteiger partial charge in [-0.25, -0.2) is 0 Å². The van der Waals surface area contributed by atoms with Crippen LogP contribution in [-0.4, -0.2) is 34.6 Å². The lowest BCUT2D eigenvalue weighted by atomic mass is 9.86. The molecule has 2 atom stereocenters. The summed E-state index contributed by atoms with van der Waals surface area (Å²) in [5.41, 5.74) is 0.900. The smallest absolute Gasteiger partial charge is 0.323 e. The number of aliphatic carboxylic acids is 1. The molecule has 1 aliphatic carbocycles. The molecule has 0 saturated heterocycles. The molecule has 2 aromatic carbocycles. The highest BCUT2D eigenvalue weighted by Gasteiger charge is 2.54. The van der Waals surface area contributed by atoms with E-state index in [9.17, 15) is 14.7 Å². The Bertz CT molecular complexity index is 751. The Hall–Kier alpha value is -2.66. The standard InChI is InChI=1S/C23H27NO4/c1-2-28-22(27)23(21(25)26)14-13-20(15-23)24(16-18-9-5-3-6-10-18)17-19-11-7-4-8-12-19/h3-12,20H,2,13-17H2,1H3,(H,25,26). The van der Waals surface area contributed by atoms with Crippen molar-refractivity contribution in [3.8, 4) is 0 Å². The van der Waals surface area contributed by atoms with Crippen LogP contribution in [0.1, 0.15) is 37.3 Å². The number of carbonyl (C=O) groups excluding carboxylic acids is 1. The van der Waals surface area contributed by atoms with E-state index in [2.05, 4.69) is 29.2 Å². The van der Waals surface area contributed by atoms with Crippen LogP contribution in [0.4, 0.5) is 0 Å². The first kappa shape index (κ1) is 20.1. The molecule has 0 spiro atoms. The lowest BCUT2D eigenvalue weighted by Crippen LogP contribution is -2.41. The summed E-state index contributed by atoms with van der Waals surface area (Å²) < 4.78 is 5.12. The fraction of sp³-hybridized carbons (Fsp3) is 0.391. The van der Waals surface area contributed by atoms with E-state index in [4.69, 9.17) is 4.74 Å². The number of carbonyl (C=O) groups is 2. The summed E-state index contributed by atoms with van der Waals surface area (Å²) in [4.78, 5) is 26.8. The predicted octanol–water partition coefficient (Wildman–Crippen LogP) is 3.88. The number of benzene rings is 2. The third-order valence-corrected chi connectivity index (χ3v) is 5.54. The van der Waals surface area contributed by atoms with E-state index in [-0.39, 0.29) is 19.1 Å². The maximum Gasteiger partial charge on any atom is 0.323 e. The van der Waals surface area contributed by atoms with Gasteiger partial charge in [0, 0.05) is 19.1 Å². The molecular weight excluding hydrogens is 354 g/mol. The molecule has 1 N–H and O–H groups in total. The Labute approximate surface area is 165 Å². The molecule has 0 amide bonds. The van der Waals surface area contributed by atoms with Crippen LogP contribution < -0.4 is 0 Å². The van der Waals surface area contributed by atoms with Gasteiger partial charge in [0.2, 0.25) is 0 Å². The maximum atomic E-state index is 12.5. The highest BCUT2D eigenvalue weighted by molar-refractivity contribution is 5.99. The van der Waals surface area contributed by atoms with E-state index in [1.165, 1.54) is 11.1 Å². The number of nitrogens with zero attached hydrogens (tertiary/aromatic N) is 1. The minimum Gasteiger partial charge on any atom is -0.480 e. The Kier molecular flexibility index (Phi) is 6.47. The highest BCUT2D eigenvalue weighted by Crippen LogP contribution is 2.42. The van der Waals surface area contributed by atoms with Gasteiger partial charge >= 0.3 is 11.9 Å². The zero-order valence-electron chi connectivity index (χ0n) is 16.2.